The molecule has 5 rings (SSSR count). The smallest absolute Gasteiger partial charge is 0.231 e. The van der Waals surface area contributed by atoms with Crippen molar-refractivity contribution in [1.82, 2.24) is 9.88 Å². The van der Waals surface area contributed by atoms with Crippen molar-refractivity contribution in [1.29, 1.82) is 0 Å². The Balaban J connectivity index is 1.29. The third-order valence-corrected chi connectivity index (χ3v) is 7.21. The zero-order valence-electron chi connectivity index (χ0n) is 17.5. The second-order valence-electron chi connectivity index (χ2n) is 8.34. The summed E-state index contributed by atoms with van der Waals surface area (Å²) in [5, 5.41) is 2.52. The minimum atomic E-state index is -0.726. The van der Waals surface area contributed by atoms with Gasteiger partial charge >= 0.3 is 0 Å². The summed E-state index contributed by atoms with van der Waals surface area (Å²) >= 11 is 1.42. The Hall–Kier alpha value is -2.29. The summed E-state index contributed by atoms with van der Waals surface area (Å²) in [6.07, 6.45) is 3.19. The summed E-state index contributed by atoms with van der Waals surface area (Å²) in [6.45, 7) is 5.02. The van der Waals surface area contributed by atoms with E-state index < -0.39 is 6.10 Å². The van der Waals surface area contributed by atoms with E-state index in [1.165, 1.54) is 11.3 Å². The van der Waals surface area contributed by atoms with Crippen LogP contribution in [0.2, 0.25) is 0 Å². The molecule has 1 amide bonds. The second kappa shape index (κ2) is 9.06. The molecular weight excluding hydrogens is 414 g/mol. The van der Waals surface area contributed by atoms with Gasteiger partial charge in [-0.3, -0.25) is 19.4 Å². The van der Waals surface area contributed by atoms with Gasteiger partial charge in [0.25, 0.3) is 0 Å². The number of ether oxygens (including phenoxy) is 2. The molecule has 3 aliphatic rings. The van der Waals surface area contributed by atoms with Gasteiger partial charge in [-0.1, -0.05) is 18.6 Å². The number of Topliss-reactive ketones (excluding diaryl/α,β-unsaturated/α-hetero) is 1. The predicted octanol–water partition coefficient (Wildman–Crippen LogP) is 3.31. The summed E-state index contributed by atoms with van der Waals surface area (Å²) in [6, 6.07) is 7.28. The van der Waals surface area contributed by atoms with E-state index in [2.05, 4.69) is 4.90 Å². The fourth-order valence-electron chi connectivity index (χ4n) is 4.26. The van der Waals surface area contributed by atoms with Crippen molar-refractivity contribution in [3.05, 3.63) is 40.9 Å². The van der Waals surface area contributed by atoms with Crippen LogP contribution in [0.25, 0.3) is 0 Å². The van der Waals surface area contributed by atoms with Crippen LogP contribution in [0.4, 0.5) is 5.13 Å². The van der Waals surface area contributed by atoms with Gasteiger partial charge in [-0.05, 0) is 31.4 Å². The largest absolute Gasteiger partial charge is 0.475 e. The lowest BCUT2D eigenvalue weighted by Crippen LogP contribution is -2.42. The molecule has 1 saturated heterocycles. The molecule has 0 spiro atoms. The average molecular weight is 442 g/mol. The quantitative estimate of drug-likeness (QED) is 0.657. The van der Waals surface area contributed by atoms with Crippen molar-refractivity contribution in [3.63, 3.8) is 0 Å². The molecule has 0 bridgehead atoms. The molecule has 164 valence electrons. The van der Waals surface area contributed by atoms with E-state index in [1.807, 2.05) is 22.4 Å². The highest BCUT2D eigenvalue weighted by molar-refractivity contribution is 7.14. The van der Waals surface area contributed by atoms with Gasteiger partial charge < -0.3 is 9.47 Å². The van der Waals surface area contributed by atoms with E-state index in [-0.39, 0.29) is 17.6 Å². The van der Waals surface area contributed by atoms with Crippen molar-refractivity contribution in [2.75, 3.05) is 44.3 Å². The number of morpholine rings is 1. The Labute approximate surface area is 186 Å². The molecule has 1 aliphatic carbocycles. The molecule has 31 heavy (non-hydrogen) atoms. The highest BCUT2D eigenvalue weighted by atomic mass is 32.1. The number of para-hydroxylation sites is 1. The topological polar surface area (TPSA) is 72.0 Å². The Morgan fingerprint density at radius 2 is 2.03 bits per heavy atom. The molecule has 8 heteroatoms. The SMILES string of the molecule is O=C1c2ccccc2OC1c1csc(N(CCCN2CCOCC2)C(=O)C2CCC2)n1. The zero-order valence-corrected chi connectivity index (χ0v) is 18.3. The van der Waals surface area contributed by atoms with E-state index in [0.29, 0.717) is 28.7 Å². The number of hydrogen-bond donors (Lipinski definition) is 0. The van der Waals surface area contributed by atoms with Crippen LogP contribution in [0.15, 0.2) is 29.6 Å². The van der Waals surface area contributed by atoms with Gasteiger partial charge in [0.2, 0.25) is 17.8 Å². The average Bonchev–Trinajstić information content (AvgIpc) is 3.36. The molecule has 2 fully saturated rings. The third-order valence-electron chi connectivity index (χ3n) is 6.33. The predicted molar refractivity (Wildman–Crippen MR) is 118 cm³/mol. The molecule has 1 atom stereocenters. The lowest BCUT2D eigenvalue weighted by atomic mass is 9.84. The molecule has 0 N–H and O–H groups in total. The summed E-state index contributed by atoms with van der Waals surface area (Å²) in [5.41, 5.74) is 1.18. The Kier molecular flexibility index (Phi) is 6.02. The van der Waals surface area contributed by atoms with Gasteiger partial charge in [0.15, 0.2) is 5.13 Å². The van der Waals surface area contributed by atoms with Crippen LogP contribution >= 0.6 is 11.3 Å². The maximum absolute atomic E-state index is 13.1. The minimum absolute atomic E-state index is 0.0726. The first-order valence-electron chi connectivity index (χ1n) is 11.1. The number of carbonyl (C=O) groups is 2. The normalized spacial score (nSPS) is 21.4. The number of benzene rings is 1. The molecule has 1 aromatic carbocycles. The number of hydrogen-bond acceptors (Lipinski definition) is 7. The van der Waals surface area contributed by atoms with E-state index in [4.69, 9.17) is 14.5 Å². The number of anilines is 1. The molecule has 7 nitrogen and oxygen atoms in total. The number of amides is 1. The van der Waals surface area contributed by atoms with Crippen LogP contribution in [0, 0.1) is 5.92 Å². The van der Waals surface area contributed by atoms with Gasteiger partial charge in [-0.25, -0.2) is 4.98 Å². The molecule has 1 unspecified atom stereocenters. The molecular formula is C23H27N3O4S. The highest BCUT2D eigenvalue weighted by Crippen LogP contribution is 2.38. The number of thiazole rings is 1. The first-order valence-corrected chi connectivity index (χ1v) is 12.0. The van der Waals surface area contributed by atoms with E-state index >= 15 is 0 Å². The van der Waals surface area contributed by atoms with Gasteiger partial charge in [0, 0.05) is 37.5 Å². The van der Waals surface area contributed by atoms with E-state index in [9.17, 15) is 9.59 Å². The van der Waals surface area contributed by atoms with Crippen molar-refractivity contribution in [2.45, 2.75) is 31.8 Å². The van der Waals surface area contributed by atoms with Crippen LogP contribution in [0.3, 0.4) is 0 Å². The van der Waals surface area contributed by atoms with Crippen molar-refractivity contribution >= 4 is 28.2 Å². The standard InChI is InChI=1S/C23H27N3O4S/c27-20-17-7-1-2-8-19(17)30-21(20)18-15-31-23(24-18)26(22(28)16-5-3-6-16)10-4-9-25-11-13-29-14-12-25/h1-2,7-8,15-16,21H,3-6,9-14H2. The van der Waals surface area contributed by atoms with Gasteiger partial charge in [-0.2, -0.15) is 0 Å². The Morgan fingerprint density at radius 1 is 1.23 bits per heavy atom. The number of rotatable bonds is 7. The maximum atomic E-state index is 13.1. The summed E-state index contributed by atoms with van der Waals surface area (Å²) in [5.74, 6) is 0.789. The number of ketones is 1. The van der Waals surface area contributed by atoms with Crippen molar-refractivity contribution in [2.24, 2.45) is 5.92 Å². The summed E-state index contributed by atoms with van der Waals surface area (Å²) in [7, 11) is 0. The van der Waals surface area contributed by atoms with Crippen LogP contribution in [0.5, 0.6) is 5.75 Å². The zero-order chi connectivity index (χ0) is 21.2. The minimum Gasteiger partial charge on any atom is -0.475 e. The number of aromatic nitrogens is 1. The van der Waals surface area contributed by atoms with Gasteiger partial charge in [0.1, 0.15) is 11.4 Å². The van der Waals surface area contributed by atoms with Crippen LogP contribution < -0.4 is 9.64 Å². The molecule has 1 aromatic heterocycles. The first-order chi connectivity index (χ1) is 15.2. The first kappa shape index (κ1) is 20.6. The molecule has 2 aromatic rings. The number of carbonyl (C=O) groups excluding carboxylic acids is 2. The second-order valence-corrected chi connectivity index (χ2v) is 9.18. The lowest BCUT2D eigenvalue weighted by molar-refractivity contribution is -0.124. The number of nitrogens with zero attached hydrogens (tertiary/aromatic N) is 3. The summed E-state index contributed by atoms with van der Waals surface area (Å²) < 4.78 is 11.3. The lowest BCUT2D eigenvalue weighted by Gasteiger charge is -2.31. The third kappa shape index (κ3) is 4.24. The summed E-state index contributed by atoms with van der Waals surface area (Å²) in [4.78, 5) is 34.8. The monoisotopic (exact) mass is 441 g/mol. The Morgan fingerprint density at radius 3 is 2.77 bits per heavy atom. The molecule has 1 saturated carbocycles. The van der Waals surface area contributed by atoms with Crippen LogP contribution in [0.1, 0.15) is 47.8 Å². The van der Waals surface area contributed by atoms with E-state index in [0.717, 1.165) is 58.5 Å². The molecule has 2 aliphatic heterocycles. The number of fused-ring (bicyclic) bond motifs is 1. The fourth-order valence-corrected chi connectivity index (χ4v) is 5.13. The van der Waals surface area contributed by atoms with Gasteiger partial charge in [-0.15, -0.1) is 11.3 Å². The van der Waals surface area contributed by atoms with E-state index in [1.54, 1.807) is 12.1 Å². The fraction of sp³-hybridized carbons (Fsp3) is 0.522. The molecule has 3 heterocycles. The maximum Gasteiger partial charge on any atom is 0.231 e. The van der Waals surface area contributed by atoms with Crippen molar-refractivity contribution in [3.8, 4) is 5.75 Å². The van der Waals surface area contributed by atoms with Crippen LogP contribution in [-0.4, -0.2) is 61.0 Å². The highest BCUT2D eigenvalue weighted by Gasteiger charge is 2.36. The van der Waals surface area contributed by atoms with Crippen molar-refractivity contribution < 1.29 is 19.1 Å². The Bertz CT molecular complexity index is 952. The molecule has 0 radical (unpaired) electrons. The van der Waals surface area contributed by atoms with Gasteiger partial charge in [0.05, 0.1) is 18.8 Å². The van der Waals surface area contributed by atoms with Crippen LogP contribution in [-0.2, 0) is 9.53 Å².